The highest BCUT2D eigenvalue weighted by molar-refractivity contribution is 8.01. The van der Waals surface area contributed by atoms with Crippen LogP contribution in [-0.4, -0.2) is 20.9 Å². The van der Waals surface area contributed by atoms with E-state index in [0.717, 1.165) is 23.0 Å². The molecule has 0 aromatic carbocycles. The number of hydrogen-bond acceptors (Lipinski definition) is 5. The summed E-state index contributed by atoms with van der Waals surface area (Å²) >= 11 is 2.89. The first-order valence-electron chi connectivity index (χ1n) is 5.15. The van der Waals surface area contributed by atoms with Crippen molar-refractivity contribution in [3.8, 4) is 0 Å². The van der Waals surface area contributed by atoms with Crippen molar-refractivity contribution in [2.24, 2.45) is 5.92 Å². The van der Waals surface area contributed by atoms with Gasteiger partial charge in [0, 0.05) is 12.3 Å². The summed E-state index contributed by atoms with van der Waals surface area (Å²) in [4.78, 5) is 15.9. The Kier molecular flexibility index (Phi) is 5.25. The summed E-state index contributed by atoms with van der Waals surface area (Å²) in [5, 5.41) is 0. The summed E-state index contributed by atoms with van der Waals surface area (Å²) < 4.78 is 5.08. The van der Waals surface area contributed by atoms with E-state index >= 15 is 0 Å². The minimum absolute atomic E-state index is 0.163. The van der Waals surface area contributed by atoms with Crippen molar-refractivity contribution in [1.82, 2.24) is 9.36 Å². The Bertz CT molecular complexity index is 325. The second-order valence-electron chi connectivity index (χ2n) is 3.39. The van der Waals surface area contributed by atoms with E-state index in [0.29, 0.717) is 11.5 Å². The van der Waals surface area contributed by atoms with Crippen LogP contribution in [0.1, 0.15) is 33.0 Å². The molecule has 0 N–H and O–H groups in total. The van der Waals surface area contributed by atoms with Gasteiger partial charge in [0.2, 0.25) is 0 Å². The van der Waals surface area contributed by atoms with Crippen molar-refractivity contribution in [1.29, 1.82) is 0 Å². The molecule has 0 aliphatic rings. The van der Waals surface area contributed by atoms with Crippen LogP contribution in [0.15, 0.2) is 4.34 Å². The van der Waals surface area contributed by atoms with Crippen LogP contribution in [0.25, 0.3) is 0 Å². The molecular formula is C10H16N2OS2. The molecule has 84 valence electrons. The Balaban J connectivity index is 2.40. The Hall–Kier alpha value is -0.420. The largest absolute Gasteiger partial charge is 0.298 e. The van der Waals surface area contributed by atoms with Crippen molar-refractivity contribution in [3.05, 3.63) is 5.82 Å². The zero-order valence-electron chi connectivity index (χ0n) is 9.32. The highest BCUT2D eigenvalue weighted by Crippen LogP contribution is 2.21. The van der Waals surface area contributed by atoms with Crippen molar-refractivity contribution in [2.45, 2.75) is 38.0 Å². The van der Waals surface area contributed by atoms with E-state index in [1.807, 2.05) is 20.8 Å². The molecule has 0 saturated carbocycles. The maximum absolute atomic E-state index is 11.6. The third kappa shape index (κ3) is 3.91. The van der Waals surface area contributed by atoms with Gasteiger partial charge in [-0.1, -0.05) is 32.5 Å². The number of nitrogens with zero attached hydrogens (tertiary/aromatic N) is 2. The van der Waals surface area contributed by atoms with Crippen LogP contribution in [0.5, 0.6) is 0 Å². The number of hydrogen-bond donors (Lipinski definition) is 0. The molecule has 1 atom stereocenters. The number of Topliss-reactive ketones (excluding diaryl/α,β-unsaturated/α-hetero) is 1. The van der Waals surface area contributed by atoms with Gasteiger partial charge in [-0.05, 0) is 18.0 Å². The molecule has 0 saturated heterocycles. The molecular weight excluding hydrogens is 228 g/mol. The highest BCUT2D eigenvalue weighted by Gasteiger charge is 2.12. The summed E-state index contributed by atoms with van der Waals surface area (Å²) in [5.41, 5.74) is 0. The van der Waals surface area contributed by atoms with E-state index in [1.165, 1.54) is 23.3 Å². The van der Waals surface area contributed by atoms with Crippen molar-refractivity contribution in [3.63, 3.8) is 0 Å². The fourth-order valence-electron chi connectivity index (χ4n) is 0.943. The zero-order chi connectivity index (χ0) is 11.3. The molecule has 15 heavy (non-hydrogen) atoms. The minimum Gasteiger partial charge on any atom is -0.298 e. The van der Waals surface area contributed by atoms with E-state index in [1.54, 1.807) is 0 Å². The summed E-state index contributed by atoms with van der Waals surface area (Å²) in [7, 11) is 0. The maximum Gasteiger partial charge on any atom is 0.170 e. The third-order valence-electron chi connectivity index (χ3n) is 2.27. The van der Waals surface area contributed by atoms with E-state index in [-0.39, 0.29) is 5.92 Å². The number of carbonyl (C=O) groups is 1. The van der Waals surface area contributed by atoms with Crippen LogP contribution >= 0.6 is 23.3 Å². The molecule has 0 amide bonds. The summed E-state index contributed by atoms with van der Waals surface area (Å²) in [6.45, 7) is 6.04. The number of ketones is 1. The van der Waals surface area contributed by atoms with Gasteiger partial charge in [0.15, 0.2) is 4.34 Å². The normalized spacial score (nSPS) is 12.7. The van der Waals surface area contributed by atoms with Crippen LogP contribution in [0.2, 0.25) is 0 Å². The second-order valence-corrected chi connectivity index (χ2v) is 5.37. The molecule has 1 aromatic rings. The first-order valence-corrected chi connectivity index (χ1v) is 6.91. The van der Waals surface area contributed by atoms with Gasteiger partial charge in [-0.2, -0.15) is 4.37 Å². The van der Waals surface area contributed by atoms with Crippen LogP contribution < -0.4 is 0 Å². The first-order chi connectivity index (χ1) is 7.17. The predicted molar refractivity (Wildman–Crippen MR) is 64.5 cm³/mol. The molecule has 0 radical (unpaired) electrons. The zero-order valence-corrected chi connectivity index (χ0v) is 11.0. The number of aromatic nitrogens is 2. The fraction of sp³-hybridized carbons (Fsp3) is 0.700. The van der Waals surface area contributed by atoms with Crippen LogP contribution in [0, 0.1) is 5.92 Å². The Morgan fingerprint density at radius 2 is 2.27 bits per heavy atom. The summed E-state index contributed by atoms with van der Waals surface area (Å²) in [6.07, 6.45) is 1.77. The summed E-state index contributed by atoms with van der Waals surface area (Å²) in [6, 6.07) is 0. The van der Waals surface area contributed by atoms with Crippen LogP contribution in [-0.2, 0) is 11.2 Å². The third-order valence-corrected chi connectivity index (χ3v) is 4.16. The molecule has 0 aliphatic heterocycles. The Morgan fingerprint density at radius 3 is 2.80 bits per heavy atom. The first kappa shape index (κ1) is 12.6. The van der Waals surface area contributed by atoms with E-state index < -0.39 is 0 Å². The number of aryl methyl sites for hydroxylation is 1. The lowest BCUT2D eigenvalue weighted by Crippen LogP contribution is -2.11. The standard InChI is InChI=1S/C10H16N2OS2/c1-4-7(3)8(13)6-14-10-11-9(5-2)12-15-10/h7H,4-6H2,1-3H3. The van der Waals surface area contributed by atoms with Gasteiger partial charge < -0.3 is 0 Å². The van der Waals surface area contributed by atoms with Crippen LogP contribution in [0.3, 0.4) is 0 Å². The van der Waals surface area contributed by atoms with E-state index in [2.05, 4.69) is 9.36 Å². The molecule has 0 bridgehead atoms. The predicted octanol–water partition coefficient (Wildman–Crippen LogP) is 2.81. The molecule has 1 unspecified atom stereocenters. The molecule has 3 nitrogen and oxygen atoms in total. The number of rotatable bonds is 6. The summed E-state index contributed by atoms with van der Waals surface area (Å²) in [5.74, 6) is 1.86. The van der Waals surface area contributed by atoms with Gasteiger partial charge >= 0.3 is 0 Å². The quantitative estimate of drug-likeness (QED) is 0.722. The average Bonchev–Trinajstić information content (AvgIpc) is 2.72. The van der Waals surface area contributed by atoms with Crippen molar-refractivity contribution >= 4 is 29.1 Å². The van der Waals surface area contributed by atoms with Gasteiger partial charge in [0.25, 0.3) is 0 Å². The number of thioether (sulfide) groups is 1. The van der Waals surface area contributed by atoms with Crippen molar-refractivity contribution in [2.75, 3.05) is 5.75 Å². The highest BCUT2D eigenvalue weighted by atomic mass is 32.2. The molecule has 1 rings (SSSR count). The van der Waals surface area contributed by atoms with Crippen LogP contribution in [0.4, 0.5) is 0 Å². The average molecular weight is 244 g/mol. The maximum atomic E-state index is 11.6. The fourth-order valence-corrected chi connectivity index (χ4v) is 2.66. The SMILES string of the molecule is CCc1nsc(SCC(=O)C(C)CC)n1. The molecule has 0 spiro atoms. The van der Waals surface area contributed by atoms with E-state index in [4.69, 9.17) is 0 Å². The van der Waals surface area contributed by atoms with Gasteiger partial charge in [0.1, 0.15) is 11.6 Å². The lowest BCUT2D eigenvalue weighted by Gasteiger charge is -2.04. The monoisotopic (exact) mass is 244 g/mol. The molecule has 0 fully saturated rings. The van der Waals surface area contributed by atoms with Gasteiger partial charge in [-0.15, -0.1) is 0 Å². The minimum atomic E-state index is 0.163. The van der Waals surface area contributed by atoms with Crippen molar-refractivity contribution < 1.29 is 4.79 Å². The topological polar surface area (TPSA) is 42.9 Å². The smallest absolute Gasteiger partial charge is 0.170 e. The lowest BCUT2D eigenvalue weighted by molar-refractivity contribution is -0.119. The molecule has 5 heteroatoms. The Labute approximate surface area is 98.9 Å². The number of carbonyl (C=O) groups excluding carboxylic acids is 1. The molecule has 1 heterocycles. The van der Waals surface area contributed by atoms with Gasteiger partial charge in [-0.25, -0.2) is 4.98 Å². The molecule has 1 aromatic heterocycles. The van der Waals surface area contributed by atoms with Gasteiger partial charge in [-0.3, -0.25) is 4.79 Å². The lowest BCUT2D eigenvalue weighted by atomic mass is 10.1. The van der Waals surface area contributed by atoms with E-state index in [9.17, 15) is 4.79 Å². The Morgan fingerprint density at radius 1 is 1.53 bits per heavy atom. The van der Waals surface area contributed by atoms with Gasteiger partial charge in [0.05, 0.1) is 5.75 Å². The second kappa shape index (κ2) is 6.23. The molecule has 0 aliphatic carbocycles.